The molecule has 0 spiro atoms. The van der Waals surface area contributed by atoms with Gasteiger partial charge in [0, 0.05) is 6.04 Å². The molecule has 1 atom stereocenters. The minimum absolute atomic E-state index is 0.557. The average Bonchev–Trinajstić information content (AvgIpc) is 2.72. The Bertz CT molecular complexity index is 288. The van der Waals surface area contributed by atoms with Gasteiger partial charge in [0.2, 0.25) is 0 Å². The molecule has 1 unspecified atom stereocenters. The van der Waals surface area contributed by atoms with Gasteiger partial charge in [0.1, 0.15) is 11.5 Å². The molecule has 1 heterocycles. The fraction of sp³-hybridized carbons (Fsp3) is 0.667. The molecule has 0 amide bonds. The van der Waals surface area contributed by atoms with Gasteiger partial charge < -0.3 is 9.73 Å². The van der Waals surface area contributed by atoms with E-state index in [0.717, 1.165) is 23.8 Å². The smallest absolute Gasteiger partial charge is 0.118 e. The fourth-order valence-corrected chi connectivity index (χ4v) is 2.44. The summed E-state index contributed by atoms with van der Waals surface area (Å²) in [7, 11) is 0. The first-order valence-electron chi connectivity index (χ1n) is 5.55. The third kappa shape index (κ3) is 5.32. The second-order valence-corrected chi connectivity index (χ2v) is 5.72. The van der Waals surface area contributed by atoms with Gasteiger partial charge in [0.25, 0.3) is 0 Å². The molecule has 1 aromatic rings. The Balaban J connectivity index is 2.25. The lowest BCUT2D eigenvalue weighted by molar-refractivity contribution is 0.435. The standard InChI is InChI=1S/C12H21NOS2/c1-10(6-7-15-2)13-8-11-4-5-12(14-11)9-16-3/h4-5,10,13H,6-9H2,1-3H3. The van der Waals surface area contributed by atoms with Crippen LogP contribution >= 0.6 is 23.5 Å². The third-order valence-corrected chi connectivity index (χ3v) is 3.60. The minimum atomic E-state index is 0.557. The highest BCUT2D eigenvalue weighted by Gasteiger charge is 2.04. The molecule has 0 saturated carbocycles. The van der Waals surface area contributed by atoms with E-state index < -0.39 is 0 Å². The van der Waals surface area contributed by atoms with Gasteiger partial charge in [-0.25, -0.2) is 0 Å². The van der Waals surface area contributed by atoms with E-state index in [1.165, 1.54) is 12.2 Å². The molecule has 0 saturated heterocycles. The van der Waals surface area contributed by atoms with Gasteiger partial charge in [-0.3, -0.25) is 0 Å². The normalized spacial score (nSPS) is 12.9. The third-order valence-electron chi connectivity index (χ3n) is 2.38. The largest absolute Gasteiger partial charge is 0.464 e. The second kappa shape index (κ2) is 8.09. The number of hydrogen-bond acceptors (Lipinski definition) is 4. The van der Waals surface area contributed by atoms with E-state index in [2.05, 4.69) is 36.9 Å². The van der Waals surface area contributed by atoms with Crippen molar-refractivity contribution < 1.29 is 4.42 Å². The summed E-state index contributed by atoms with van der Waals surface area (Å²) < 4.78 is 5.69. The molecule has 0 aliphatic heterocycles. The van der Waals surface area contributed by atoms with Crippen molar-refractivity contribution in [3.8, 4) is 0 Å². The molecule has 0 aromatic carbocycles. The Labute approximate surface area is 107 Å². The molecule has 1 N–H and O–H groups in total. The SMILES string of the molecule is CSCCC(C)NCc1ccc(CSC)o1. The van der Waals surface area contributed by atoms with Crippen LogP contribution in [0.5, 0.6) is 0 Å². The highest BCUT2D eigenvalue weighted by atomic mass is 32.2. The van der Waals surface area contributed by atoms with E-state index in [1.807, 2.05) is 11.8 Å². The summed E-state index contributed by atoms with van der Waals surface area (Å²) >= 11 is 3.68. The van der Waals surface area contributed by atoms with Crippen LogP contribution in [0, 0.1) is 0 Å². The van der Waals surface area contributed by atoms with Gasteiger partial charge in [0.05, 0.1) is 12.3 Å². The molecule has 16 heavy (non-hydrogen) atoms. The Morgan fingerprint density at radius 3 is 2.69 bits per heavy atom. The van der Waals surface area contributed by atoms with Gasteiger partial charge in [0.15, 0.2) is 0 Å². The molecule has 0 aliphatic rings. The summed E-state index contributed by atoms with van der Waals surface area (Å²) in [5.74, 6) is 4.28. The van der Waals surface area contributed by atoms with Crippen molar-refractivity contribution in [1.82, 2.24) is 5.32 Å². The molecule has 0 bridgehead atoms. The number of hydrogen-bond donors (Lipinski definition) is 1. The Morgan fingerprint density at radius 2 is 2.00 bits per heavy atom. The lowest BCUT2D eigenvalue weighted by Gasteiger charge is -2.11. The summed E-state index contributed by atoms with van der Waals surface area (Å²) in [6.07, 6.45) is 5.44. The van der Waals surface area contributed by atoms with E-state index in [0.29, 0.717) is 6.04 Å². The number of rotatable bonds is 8. The quantitative estimate of drug-likeness (QED) is 0.774. The lowest BCUT2D eigenvalue weighted by atomic mass is 10.2. The number of thioether (sulfide) groups is 2. The second-order valence-electron chi connectivity index (χ2n) is 3.86. The van der Waals surface area contributed by atoms with E-state index in [-0.39, 0.29) is 0 Å². The molecule has 1 rings (SSSR count). The average molecular weight is 259 g/mol. The van der Waals surface area contributed by atoms with Crippen LogP contribution in [0.25, 0.3) is 0 Å². The molecule has 1 aromatic heterocycles. The van der Waals surface area contributed by atoms with Crippen LogP contribution < -0.4 is 5.32 Å². The van der Waals surface area contributed by atoms with Crippen molar-refractivity contribution in [2.75, 3.05) is 18.3 Å². The van der Waals surface area contributed by atoms with E-state index in [9.17, 15) is 0 Å². The van der Waals surface area contributed by atoms with Crippen LogP contribution in [-0.4, -0.2) is 24.3 Å². The predicted molar refractivity (Wildman–Crippen MR) is 75.2 cm³/mol. The Morgan fingerprint density at radius 1 is 1.25 bits per heavy atom. The van der Waals surface area contributed by atoms with Crippen molar-refractivity contribution in [1.29, 1.82) is 0 Å². The van der Waals surface area contributed by atoms with Crippen LogP contribution in [-0.2, 0) is 12.3 Å². The van der Waals surface area contributed by atoms with Gasteiger partial charge >= 0.3 is 0 Å². The zero-order valence-corrected chi connectivity index (χ0v) is 11.9. The molecular weight excluding hydrogens is 238 g/mol. The van der Waals surface area contributed by atoms with Gasteiger partial charge in [-0.15, -0.1) is 0 Å². The summed E-state index contributed by atoms with van der Waals surface area (Å²) in [4.78, 5) is 0. The number of nitrogens with one attached hydrogen (secondary N) is 1. The van der Waals surface area contributed by atoms with Crippen LogP contribution in [0.2, 0.25) is 0 Å². The molecule has 0 radical (unpaired) electrons. The fourth-order valence-electron chi connectivity index (χ4n) is 1.41. The highest BCUT2D eigenvalue weighted by Crippen LogP contribution is 2.13. The maximum absolute atomic E-state index is 5.69. The van der Waals surface area contributed by atoms with E-state index in [4.69, 9.17) is 4.42 Å². The maximum atomic E-state index is 5.69. The molecule has 4 heteroatoms. The molecule has 92 valence electrons. The van der Waals surface area contributed by atoms with Crippen LogP contribution in [0.1, 0.15) is 24.9 Å². The Kier molecular flexibility index (Phi) is 7.08. The van der Waals surface area contributed by atoms with Crippen molar-refractivity contribution in [2.45, 2.75) is 31.7 Å². The van der Waals surface area contributed by atoms with Crippen LogP contribution in [0.15, 0.2) is 16.5 Å². The van der Waals surface area contributed by atoms with E-state index >= 15 is 0 Å². The predicted octanol–water partition coefficient (Wildman–Crippen LogP) is 3.37. The van der Waals surface area contributed by atoms with Gasteiger partial charge in [-0.2, -0.15) is 23.5 Å². The van der Waals surface area contributed by atoms with E-state index in [1.54, 1.807) is 11.8 Å². The maximum Gasteiger partial charge on any atom is 0.118 e. The highest BCUT2D eigenvalue weighted by molar-refractivity contribution is 7.98. The monoisotopic (exact) mass is 259 g/mol. The zero-order valence-electron chi connectivity index (χ0n) is 10.3. The van der Waals surface area contributed by atoms with Gasteiger partial charge in [-0.1, -0.05) is 0 Å². The van der Waals surface area contributed by atoms with Crippen molar-refractivity contribution in [2.24, 2.45) is 0 Å². The van der Waals surface area contributed by atoms with Crippen LogP contribution in [0.3, 0.4) is 0 Å². The van der Waals surface area contributed by atoms with Crippen molar-refractivity contribution in [3.63, 3.8) is 0 Å². The van der Waals surface area contributed by atoms with Gasteiger partial charge in [-0.05, 0) is 43.7 Å². The summed E-state index contributed by atoms with van der Waals surface area (Å²) in [6.45, 7) is 3.06. The first-order chi connectivity index (χ1) is 7.76. The molecule has 0 fully saturated rings. The topological polar surface area (TPSA) is 25.2 Å². The van der Waals surface area contributed by atoms with Crippen LogP contribution in [0.4, 0.5) is 0 Å². The zero-order chi connectivity index (χ0) is 11.8. The lowest BCUT2D eigenvalue weighted by Crippen LogP contribution is -2.25. The van der Waals surface area contributed by atoms with Crippen molar-refractivity contribution in [3.05, 3.63) is 23.7 Å². The molecule has 0 aliphatic carbocycles. The molecule has 2 nitrogen and oxygen atoms in total. The number of furan rings is 1. The first-order valence-corrected chi connectivity index (χ1v) is 8.34. The van der Waals surface area contributed by atoms with Crippen molar-refractivity contribution >= 4 is 23.5 Å². The summed E-state index contributed by atoms with van der Waals surface area (Å²) in [6, 6.07) is 4.70. The first kappa shape index (κ1) is 14.0. The Hall–Kier alpha value is -0.0600. The minimum Gasteiger partial charge on any atom is -0.464 e. The summed E-state index contributed by atoms with van der Waals surface area (Å²) in [5.41, 5.74) is 0. The molecular formula is C12H21NOS2. The summed E-state index contributed by atoms with van der Waals surface area (Å²) in [5, 5.41) is 3.48.